The van der Waals surface area contributed by atoms with Crippen LogP contribution in [0.15, 0.2) is 0 Å². The monoisotopic (exact) mass is 169 g/mol. The van der Waals surface area contributed by atoms with Crippen LogP contribution >= 0.6 is 11.5 Å². The van der Waals surface area contributed by atoms with E-state index in [9.17, 15) is 0 Å². The fourth-order valence-electron chi connectivity index (χ4n) is 1.65. The van der Waals surface area contributed by atoms with Gasteiger partial charge in [-0.2, -0.15) is 0 Å². The van der Waals surface area contributed by atoms with Gasteiger partial charge in [-0.3, -0.25) is 0 Å². The molecule has 0 aromatic carbocycles. The van der Waals surface area contributed by atoms with Gasteiger partial charge >= 0.3 is 0 Å². The summed E-state index contributed by atoms with van der Waals surface area (Å²) >= 11 is 1.46. The Morgan fingerprint density at radius 1 is 1.18 bits per heavy atom. The molecule has 0 spiro atoms. The van der Waals surface area contributed by atoms with Crippen molar-refractivity contribution in [2.24, 2.45) is 0 Å². The molecule has 1 heterocycles. The molecule has 11 heavy (non-hydrogen) atoms. The Balaban J connectivity index is 2.04. The largest absolute Gasteiger partial charge is 0.141 e. The molecule has 2 rings (SSSR count). The van der Waals surface area contributed by atoms with E-state index < -0.39 is 0 Å². The van der Waals surface area contributed by atoms with Gasteiger partial charge in [0.1, 0.15) is 5.01 Å². The highest BCUT2D eigenvalue weighted by atomic mass is 32.1. The summed E-state index contributed by atoms with van der Waals surface area (Å²) in [4.78, 5) is 0. The average molecular weight is 169 g/mol. The zero-order valence-electron chi connectivity index (χ0n) is 6.36. The molecule has 1 aromatic heterocycles. The van der Waals surface area contributed by atoms with Gasteiger partial charge in [-0.15, -0.1) is 5.10 Å². The Morgan fingerprint density at radius 3 is 2.64 bits per heavy atom. The Morgan fingerprint density at radius 2 is 2.00 bits per heavy atom. The van der Waals surface area contributed by atoms with Gasteiger partial charge in [0.05, 0.1) is 0 Å². The lowest BCUT2D eigenvalue weighted by molar-refractivity contribution is 0.440. The lowest BCUT2D eigenvalue weighted by Crippen LogP contribution is -2.03. The molecule has 0 atom stereocenters. The Hall–Kier alpha value is -0.510. The molecule has 60 valence electrons. The van der Waals surface area contributed by atoms with Crippen LogP contribution in [-0.2, 0) is 0 Å². The van der Waals surface area contributed by atoms with Crippen LogP contribution in [0.25, 0.3) is 0 Å². The average Bonchev–Trinajstić information content (AvgIpc) is 2.58. The van der Waals surface area contributed by atoms with Crippen molar-refractivity contribution in [3.05, 3.63) is 5.01 Å². The molecule has 1 aliphatic carbocycles. The minimum Gasteiger partial charge on any atom is -0.122 e. The lowest BCUT2D eigenvalue weighted by Gasteiger charge is -2.17. The highest BCUT2D eigenvalue weighted by molar-refractivity contribution is 7.05. The lowest BCUT2D eigenvalue weighted by atomic mass is 9.90. The molecule has 0 unspecified atom stereocenters. The maximum atomic E-state index is 4.00. The molecule has 0 bridgehead atoms. The van der Waals surface area contributed by atoms with Crippen molar-refractivity contribution in [1.82, 2.24) is 14.8 Å². The SMILES string of the molecule is C1CCC(c2nnns2)CC1. The van der Waals surface area contributed by atoms with E-state index in [1.54, 1.807) is 0 Å². The van der Waals surface area contributed by atoms with Crippen molar-refractivity contribution < 1.29 is 0 Å². The number of rotatable bonds is 1. The predicted octanol–water partition coefficient (Wildman–Crippen LogP) is 1.98. The van der Waals surface area contributed by atoms with Crippen LogP contribution in [0.4, 0.5) is 0 Å². The minimum absolute atomic E-state index is 0.670. The van der Waals surface area contributed by atoms with Gasteiger partial charge in [-0.1, -0.05) is 23.8 Å². The summed E-state index contributed by atoms with van der Waals surface area (Å²) < 4.78 is 3.78. The van der Waals surface area contributed by atoms with Crippen molar-refractivity contribution in [2.75, 3.05) is 0 Å². The van der Waals surface area contributed by atoms with Gasteiger partial charge in [0.25, 0.3) is 0 Å². The van der Waals surface area contributed by atoms with Crippen LogP contribution < -0.4 is 0 Å². The molecule has 1 aliphatic rings. The third-order valence-electron chi connectivity index (χ3n) is 2.27. The first-order chi connectivity index (χ1) is 5.47. The molecule has 1 saturated carbocycles. The molecule has 4 heteroatoms. The number of hydrogen-bond donors (Lipinski definition) is 0. The van der Waals surface area contributed by atoms with Gasteiger partial charge in [0.15, 0.2) is 0 Å². The van der Waals surface area contributed by atoms with E-state index in [2.05, 4.69) is 14.8 Å². The standard InChI is InChI=1S/C7H11N3S/c1-2-4-6(5-3-1)7-8-9-10-11-7/h6H,1-5H2. The predicted molar refractivity (Wildman–Crippen MR) is 43.5 cm³/mol. The summed E-state index contributed by atoms with van der Waals surface area (Å²) in [6, 6.07) is 0. The molecular formula is C7H11N3S. The number of hydrogen-bond acceptors (Lipinski definition) is 4. The molecule has 0 aliphatic heterocycles. The zero-order chi connectivity index (χ0) is 7.52. The summed E-state index contributed by atoms with van der Waals surface area (Å²) in [5.41, 5.74) is 0. The van der Waals surface area contributed by atoms with Crippen LogP contribution in [0.5, 0.6) is 0 Å². The minimum atomic E-state index is 0.670. The fourth-order valence-corrected chi connectivity index (χ4v) is 2.26. The van der Waals surface area contributed by atoms with Gasteiger partial charge in [0.2, 0.25) is 0 Å². The van der Waals surface area contributed by atoms with Crippen molar-refractivity contribution >= 4 is 11.5 Å². The van der Waals surface area contributed by atoms with E-state index in [-0.39, 0.29) is 0 Å². The maximum Gasteiger partial charge on any atom is 0.141 e. The fraction of sp³-hybridized carbons (Fsp3) is 0.857. The topological polar surface area (TPSA) is 38.7 Å². The van der Waals surface area contributed by atoms with Crippen LogP contribution in [-0.4, -0.2) is 14.8 Å². The van der Waals surface area contributed by atoms with Gasteiger partial charge in [-0.25, -0.2) is 0 Å². The second-order valence-electron chi connectivity index (χ2n) is 3.04. The molecule has 0 saturated heterocycles. The summed E-state index contributed by atoms with van der Waals surface area (Å²) in [6.45, 7) is 0. The smallest absolute Gasteiger partial charge is 0.122 e. The summed E-state index contributed by atoms with van der Waals surface area (Å²) in [5, 5.41) is 8.76. The van der Waals surface area contributed by atoms with Gasteiger partial charge in [-0.05, 0) is 18.1 Å². The first kappa shape index (κ1) is 7.16. The molecular weight excluding hydrogens is 158 g/mol. The maximum absolute atomic E-state index is 4.00. The van der Waals surface area contributed by atoms with E-state index >= 15 is 0 Å². The second-order valence-corrected chi connectivity index (χ2v) is 3.80. The van der Waals surface area contributed by atoms with Gasteiger partial charge < -0.3 is 0 Å². The van der Waals surface area contributed by atoms with Crippen LogP contribution in [0.2, 0.25) is 0 Å². The molecule has 1 aromatic rings. The van der Waals surface area contributed by atoms with Crippen LogP contribution in [0.3, 0.4) is 0 Å². The van der Waals surface area contributed by atoms with Crippen LogP contribution in [0, 0.1) is 0 Å². The second kappa shape index (κ2) is 3.26. The van der Waals surface area contributed by atoms with E-state index in [1.165, 1.54) is 43.6 Å². The number of aromatic nitrogens is 3. The normalized spacial score (nSPS) is 20.4. The third-order valence-corrected chi connectivity index (χ3v) is 3.03. The van der Waals surface area contributed by atoms with Crippen molar-refractivity contribution in [1.29, 1.82) is 0 Å². The van der Waals surface area contributed by atoms with Crippen molar-refractivity contribution in [2.45, 2.75) is 38.0 Å². The molecule has 0 amide bonds. The first-order valence-corrected chi connectivity index (χ1v) is 4.89. The van der Waals surface area contributed by atoms with E-state index in [4.69, 9.17) is 0 Å². The zero-order valence-corrected chi connectivity index (χ0v) is 7.18. The highest BCUT2D eigenvalue weighted by Crippen LogP contribution is 2.32. The molecule has 0 N–H and O–H groups in total. The van der Waals surface area contributed by atoms with Crippen LogP contribution in [0.1, 0.15) is 43.0 Å². The summed E-state index contributed by atoms with van der Waals surface area (Å²) in [7, 11) is 0. The van der Waals surface area contributed by atoms with Gasteiger partial charge in [0, 0.05) is 17.5 Å². The quantitative estimate of drug-likeness (QED) is 0.645. The first-order valence-electron chi connectivity index (χ1n) is 4.12. The van der Waals surface area contributed by atoms with Crippen molar-refractivity contribution in [3.63, 3.8) is 0 Å². The third kappa shape index (κ3) is 1.56. The molecule has 3 nitrogen and oxygen atoms in total. The van der Waals surface area contributed by atoms with E-state index in [1.807, 2.05) is 0 Å². The summed E-state index contributed by atoms with van der Waals surface area (Å²) in [5.74, 6) is 0.670. The Labute approximate surface area is 70.0 Å². The summed E-state index contributed by atoms with van der Waals surface area (Å²) in [6.07, 6.45) is 6.67. The Bertz CT molecular complexity index is 203. The van der Waals surface area contributed by atoms with E-state index in [0.29, 0.717) is 5.92 Å². The molecule has 0 radical (unpaired) electrons. The number of nitrogens with zero attached hydrogens (tertiary/aromatic N) is 3. The molecule has 1 fully saturated rings. The van der Waals surface area contributed by atoms with E-state index in [0.717, 1.165) is 5.01 Å². The Kier molecular flexibility index (Phi) is 2.12. The highest BCUT2D eigenvalue weighted by Gasteiger charge is 2.18. The van der Waals surface area contributed by atoms with Crippen molar-refractivity contribution in [3.8, 4) is 0 Å².